The van der Waals surface area contributed by atoms with Gasteiger partial charge in [-0.1, -0.05) is 18.2 Å². The van der Waals surface area contributed by atoms with E-state index in [4.69, 9.17) is 0 Å². The van der Waals surface area contributed by atoms with Crippen molar-refractivity contribution in [3.63, 3.8) is 0 Å². The highest BCUT2D eigenvalue weighted by atomic mass is 19.1. The second kappa shape index (κ2) is 3.84. The first-order valence-electron chi connectivity index (χ1n) is 6.12. The van der Waals surface area contributed by atoms with Crippen LogP contribution in [0.2, 0.25) is 0 Å². The highest BCUT2D eigenvalue weighted by Gasteiger charge is 2.26. The van der Waals surface area contributed by atoms with Crippen molar-refractivity contribution >= 4 is 10.9 Å². The van der Waals surface area contributed by atoms with Crippen LogP contribution in [0.15, 0.2) is 24.3 Å². The lowest BCUT2D eigenvalue weighted by Gasteiger charge is -2.15. The summed E-state index contributed by atoms with van der Waals surface area (Å²) in [6, 6.07) is 8.25. The Balaban J connectivity index is 2.18. The number of nitrogens with zero attached hydrogens (tertiary/aromatic N) is 2. The zero-order chi connectivity index (χ0) is 12.0. The van der Waals surface area contributed by atoms with Crippen LogP contribution in [0.4, 0.5) is 4.39 Å². The lowest BCUT2D eigenvalue weighted by molar-refractivity contribution is 0.376. The Hall–Kier alpha value is -1.35. The summed E-state index contributed by atoms with van der Waals surface area (Å²) in [4.78, 5) is 2.26. The van der Waals surface area contributed by atoms with Crippen LogP contribution >= 0.6 is 0 Å². The summed E-state index contributed by atoms with van der Waals surface area (Å²) in [5.41, 5.74) is 1.80. The highest BCUT2D eigenvalue weighted by Crippen LogP contribution is 2.31. The fourth-order valence-electron chi connectivity index (χ4n) is 2.88. The number of likely N-dealkylation sites (tertiary alicyclic amines) is 1. The van der Waals surface area contributed by atoms with Crippen molar-refractivity contribution in [2.24, 2.45) is 0 Å². The fraction of sp³-hybridized carbons (Fsp3) is 0.429. The first-order valence-corrected chi connectivity index (χ1v) is 6.12. The molecule has 1 fully saturated rings. The minimum Gasteiger partial charge on any atom is -0.313 e. The summed E-state index contributed by atoms with van der Waals surface area (Å²) < 4.78 is 16.2. The van der Waals surface area contributed by atoms with Gasteiger partial charge < -0.3 is 9.47 Å². The Bertz CT molecular complexity index is 559. The molecule has 0 amide bonds. The molecule has 0 N–H and O–H groups in total. The molecule has 0 aliphatic carbocycles. The van der Waals surface area contributed by atoms with Gasteiger partial charge >= 0.3 is 0 Å². The Morgan fingerprint density at radius 2 is 2.06 bits per heavy atom. The van der Waals surface area contributed by atoms with Gasteiger partial charge in [0.05, 0.1) is 11.6 Å². The topological polar surface area (TPSA) is 8.17 Å². The fourth-order valence-corrected chi connectivity index (χ4v) is 2.88. The molecule has 0 bridgehead atoms. The van der Waals surface area contributed by atoms with Crippen LogP contribution < -0.4 is 0 Å². The van der Waals surface area contributed by atoms with Gasteiger partial charge in [-0.2, -0.15) is 4.39 Å². The molecule has 0 saturated carbocycles. The molecule has 1 aromatic heterocycles. The Morgan fingerprint density at radius 3 is 2.76 bits per heavy atom. The van der Waals surface area contributed by atoms with Crippen molar-refractivity contribution in [2.75, 3.05) is 20.1 Å². The van der Waals surface area contributed by atoms with Crippen molar-refractivity contribution < 1.29 is 4.39 Å². The first kappa shape index (κ1) is 10.8. The summed E-state index contributed by atoms with van der Waals surface area (Å²) in [5, 5.41) is 1.04. The van der Waals surface area contributed by atoms with Crippen LogP contribution in [0.3, 0.4) is 0 Å². The number of aromatic nitrogens is 1. The van der Waals surface area contributed by atoms with Gasteiger partial charge in [0, 0.05) is 17.5 Å². The third-order valence-electron chi connectivity index (χ3n) is 3.82. The molecule has 90 valence electrons. The molecule has 3 heteroatoms. The van der Waals surface area contributed by atoms with Gasteiger partial charge in [-0.25, -0.2) is 0 Å². The smallest absolute Gasteiger partial charge is 0.198 e. The van der Waals surface area contributed by atoms with Crippen LogP contribution in [-0.4, -0.2) is 29.6 Å². The number of hydrogen-bond donors (Lipinski definition) is 0. The molecule has 1 saturated heterocycles. The van der Waals surface area contributed by atoms with Crippen LogP contribution in [-0.2, 0) is 0 Å². The molecule has 1 atom stereocenters. The first-order chi connectivity index (χ1) is 8.18. The number of likely N-dealkylation sites (N-methyl/N-ethyl adjacent to an activating group) is 1. The second-order valence-electron chi connectivity index (χ2n) is 5.01. The quantitative estimate of drug-likeness (QED) is 0.734. The zero-order valence-corrected chi connectivity index (χ0v) is 10.3. The van der Waals surface area contributed by atoms with E-state index in [0.29, 0.717) is 0 Å². The van der Waals surface area contributed by atoms with E-state index in [1.807, 2.05) is 35.8 Å². The maximum atomic E-state index is 14.3. The second-order valence-corrected chi connectivity index (χ2v) is 5.01. The molecule has 0 spiro atoms. The largest absolute Gasteiger partial charge is 0.313 e. The van der Waals surface area contributed by atoms with E-state index in [1.165, 1.54) is 0 Å². The normalized spacial score (nSPS) is 21.5. The van der Waals surface area contributed by atoms with Crippen molar-refractivity contribution in [1.82, 2.24) is 9.47 Å². The van der Waals surface area contributed by atoms with E-state index in [2.05, 4.69) is 11.9 Å². The van der Waals surface area contributed by atoms with Gasteiger partial charge in [0.2, 0.25) is 0 Å². The molecule has 3 rings (SSSR count). The van der Waals surface area contributed by atoms with Crippen molar-refractivity contribution in [3.8, 4) is 0 Å². The van der Waals surface area contributed by atoms with Crippen LogP contribution in [0.1, 0.15) is 18.0 Å². The molecule has 2 heterocycles. The third-order valence-corrected chi connectivity index (χ3v) is 3.82. The van der Waals surface area contributed by atoms with E-state index in [9.17, 15) is 4.39 Å². The monoisotopic (exact) mass is 232 g/mol. The molecular weight excluding hydrogens is 215 g/mol. The summed E-state index contributed by atoms with van der Waals surface area (Å²) >= 11 is 0. The van der Waals surface area contributed by atoms with Crippen LogP contribution in [0, 0.1) is 12.9 Å². The van der Waals surface area contributed by atoms with Crippen molar-refractivity contribution in [2.45, 2.75) is 19.4 Å². The molecule has 1 aliphatic rings. The SMILES string of the molecule is Cc1c(F)n(C2CCN(C)C2)c2ccccc12. The number of hydrogen-bond acceptors (Lipinski definition) is 1. The number of halogens is 1. The Kier molecular flexibility index (Phi) is 2.44. The van der Waals surface area contributed by atoms with Gasteiger partial charge in [-0.15, -0.1) is 0 Å². The number of benzene rings is 1. The minimum atomic E-state index is -0.0634. The maximum Gasteiger partial charge on any atom is 0.198 e. The average Bonchev–Trinajstić information content (AvgIpc) is 2.84. The number of para-hydroxylation sites is 1. The molecule has 1 aliphatic heterocycles. The summed E-state index contributed by atoms with van der Waals surface area (Å²) in [7, 11) is 2.09. The molecule has 2 nitrogen and oxygen atoms in total. The number of aryl methyl sites for hydroxylation is 1. The zero-order valence-electron chi connectivity index (χ0n) is 10.3. The number of fused-ring (bicyclic) bond motifs is 1. The lowest BCUT2D eigenvalue weighted by Crippen LogP contribution is -2.17. The van der Waals surface area contributed by atoms with E-state index >= 15 is 0 Å². The van der Waals surface area contributed by atoms with E-state index < -0.39 is 0 Å². The molecule has 2 aromatic rings. The molecule has 0 radical (unpaired) electrons. The standard InChI is InChI=1S/C14H17FN2/c1-10-12-5-3-4-6-13(12)17(14(10)15)11-7-8-16(2)9-11/h3-6,11H,7-9H2,1-2H3. The van der Waals surface area contributed by atoms with Gasteiger partial charge in [0.1, 0.15) is 0 Å². The minimum absolute atomic E-state index is 0.0634. The Morgan fingerprint density at radius 1 is 1.29 bits per heavy atom. The predicted octanol–water partition coefficient (Wildman–Crippen LogP) is 2.97. The molecule has 1 unspecified atom stereocenters. The van der Waals surface area contributed by atoms with Gasteiger partial charge in [0.25, 0.3) is 0 Å². The predicted molar refractivity (Wildman–Crippen MR) is 67.8 cm³/mol. The van der Waals surface area contributed by atoms with Gasteiger partial charge in [-0.3, -0.25) is 0 Å². The van der Waals surface area contributed by atoms with Crippen molar-refractivity contribution in [1.29, 1.82) is 0 Å². The molecule has 17 heavy (non-hydrogen) atoms. The third kappa shape index (κ3) is 1.57. The van der Waals surface area contributed by atoms with Crippen molar-refractivity contribution in [3.05, 3.63) is 35.8 Å². The molecule has 1 aromatic carbocycles. The maximum absolute atomic E-state index is 14.3. The molecular formula is C14H17FN2. The van der Waals surface area contributed by atoms with E-state index in [1.54, 1.807) is 0 Å². The van der Waals surface area contributed by atoms with Gasteiger partial charge in [-0.05, 0) is 33.0 Å². The van der Waals surface area contributed by atoms with Crippen LogP contribution in [0.25, 0.3) is 10.9 Å². The summed E-state index contributed by atoms with van der Waals surface area (Å²) in [6.07, 6.45) is 1.03. The summed E-state index contributed by atoms with van der Waals surface area (Å²) in [6.45, 7) is 3.86. The van der Waals surface area contributed by atoms with Gasteiger partial charge in [0.15, 0.2) is 5.95 Å². The van der Waals surface area contributed by atoms with Crippen LogP contribution in [0.5, 0.6) is 0 Å². The number of rotatable bonds is 1. The lowest BCUT2D eigenvalue weighted by atomic mass is 10.2. The summed E-state index contributed by atoms with van der Waals surface area (Å²) in [5.74, 6) is -0.0634. The Labute approximate surface area is 101 Å². The van der Waals surface area contributed by atoms with E-state index in [0.717, 1.165) is 36.0 Å². The highest BCUT2D eigenvalue weighted by molar-refractivity contribution is 5.84. The average molecular weight is 232 g/mol. The van der Waals surface area contributed by atoms with E-state index in [-0.39, 0.29) is 12.0 Å².